The van der Waals surface area contributed by atoms with Crippen LogP contribution in [0.3, 0.4) is 0 Å². The van der Waals surface area contributed by atoms with Crippen LogP contribution < -0.4 is 0 Å². The summed E-state index contributed by atoms with van der Waals surface area (Å²) in [5.74, 6) is -0.833. The lowest BCUT2D eigenvalue weighted by molar-refractivity contribution is -0.134. The minimum absolute atomic E-state index is 0.0988. The third kappa shape index (κ3) is 23.8. The summed E-state index contributed by atoms with van der Waals surface area (Å²) in [6.07, 6.45) is 0. The number of hydrogen-bond acceptors (Lipinski definition) is 1. The third-order valence-corrected chi connectivity index (χ3v) is 1.29. The average Bonchev–Trinajstić information content (AvgIpc) is 1.63. The number of carboxylic acid groups (broad SMARTS) is 1. The first kappa shape index (κ1) is 13.0. The van der Waals surface area contributed by atoms with Gasteiger partial charge in [0.25, 0.3) is 5.97 Å². The van der Waals surface area contributed by atoms with Crippen LogP contribution in [0.1, 0.15) is 6.92 Å². The van der Waals surface area contributed by atoms with E-state index in [-0.39, 0.29) is 8.98 Å². The van der Waals surface area contributed by atoms with Crippen molar-refractivity contribution in [1.29, 1.82) is 0 Å². The van der Waals surface area contributed by atoms with Gasteiger partial charge in [-0.2, -0.15) is 0 Å². The van der Waals surface area contributed by atoms with Gasteiger partial charge in [0.05, 0.1) is 0 Å². The molecule has 0 aromatic carbocycles. The highest BCUT2D eigenvalue weighted by molar-refractivity contribution is 6.67. The Morgan fingerprint density at radius 1 is 1.10 bits per heavy atom. The first-order chi connectivity index (χ1) is 4.37. The SMILES string of the molecule is CC(=O)O.ClC(Cl)=C(Cl)Cl. The molecule has 0 aromatic heterocycles. The Hall–Kier alpha value is 0.370. The Morgan fingerprint density at radius 2 is 1.20 bits per heavy atom. The normalized spacial score (nSPS) is 7.30. The van der Waals surface area contributed by atoms with Crippen LogP contribution in [0, 0.1) is 0 Å². The van der Waals surface area contributed by atoms with Gasteiger partial charge in [0.2, 0.25) is 0 Å². The molecule has 0 amide bonds. The highest BCUT2D eigenvalue weighted by Crippen LogP contribution is 2.20. The van der Waals surface area contributed by atoms with Crippen molar-refractivity contribution >= 4 is 52.4 Å². The van der Waals surface area contributed by atoms with Crippen LogP contribution in [-0.2, 0) is 4.79 Å². The minimum Gasteiger partial charge on any atom is -0.481 e. The highest BCUT2D eigenvalue weighted by Gasteiger charge is 1.88. The van der Waals surface area contributed by atoms with E-state index >= 15 is 0 Å². The molecule has 0 spiro atoms. The van der Waals surface area contributed by atoms with Gasteiger partial charge < -0.3 is 5.11 Å². The fourth-order valence-corrected chi connectivity index (χ4v) is 0. The smallest absolute Gasteiger partial charge is 0.300 e. The van der Waals surface area contributed by atoms with Crippen LogP contribution in [0.15, 0.2) is 8.98 Å². The molecule has 0 aliphatic carbocycles. The molecule has 0 fully saturated rings. The Labute approximate surface area is 78.3 Å². The van der Waals surface area contributed by atoms with Gasteiger partial charge in [0.1, 0.15) is 8.98 Å². The molecule has 0 radical (unpaired) electrons. The summed E-state index contributed by atoms with van der Waals surface area (Å²) >= 11 is 20.0. The van der Waals surface area contributed by atoms with Gasteiger partial charge in [0, 0.05) is 6.92 Å². The molecule has 10 heavy (non-hydrogen) atoms. The Kier molecular flexibility index (Phi) is 9.72. The lowest BCUT2D eigenvalue weighted by Crippen LogP contribution is -1.78. The van der Waals surface area contributed by atoms with E-state index in [1.807, 2.05) is 0 Å². The summed E-state index contributed by atoms with van der Waals surface area (Å²) in [4.78, 5) is 9.00. The summed E-state index contributed by atoms with van der Waals surface area (Å²) in [5.41, 5.74) is 0. The lowest BCUT2D eigenvalue weighted by atomic mass is 10.9. The van der Waals surface area contributed by atoms with Crippen LogP contribution in [0.5, 0.6) is 0 Å². The van der Waals surface area contributed by atoms with E-state index in [1.165, 1.54) is 0 Å². The van der Waals surface area contributed by atoms with E-state index in [9.17, 15) is 0 Å². The molecule has 0 aliphatic rings. The number of rotatable bonds is 0. The molecule has 0 aromatic rings. The van der Waals surface area contributed by atoms with Crippen molar-refractivity contribution in [3.8, 4) is 0 Å². The number of hydrogen-bond donors (Lipinski definition) is 1. The van der Waals surface area contributed by atoms with Gasteiger partial charge in [-0.1, -0.05) is 46.4 Å². The Morgan fingerprint density at radius 3 is 1.20 bits per heavy atom. The fraction of sp³-hybridized carbons (Fsp3) is 0.250. The molecule has 0 rings (SSSR count). The van der Waals surface area contributed by atoms with Crippen LogP contribution in [-0.4, -0.2) is 11.1 Å². The number of carboxylic acids is 1. The van der Waals surface area contributed by atoms with Crippen molar-refractivity contribution in [2.75, 3.05) is 0 Å². The summed E-state index contributed by atoms with van der Waals surface area (Å²) in [6, 6.07) is 0. The van der Waals surface area contributed by atoms with Gasteiger partial charge in [0.15, 0.2) is 0 Å². The summed E-state index contributed by atoms with van der Waals surface area (Å²) < 4.78 is -0.198. The molecule has 0 aliphatic heterocycles. The van der Waals surface area contributed by atoms with E-state index in [0.29, 0.717) is 0 Å². The number of halogens is 4. The number of aliphatic carboxylic acids is 1. The van der Waals surface area contributed by atoms with Crippen LogP contribution in [0.4, 0.5) is 0 Å². The molecule has 0 atom stereocenters. The van der Waals surface area contributed by atoms with Crippen LogP contribution in [0.25, 0.3) is 0 Å². The first-order valence-electron chi connectivity index (χ1n) is 1.93. The van der Waals surface area contributed by atoms with Crippen molar-refractivity contribution in [3.05, 3.63) is 8.98 Å². The molecular weight excluding hydrogens is 222 g/mol. The van der Waals surface area contributed by atoms with E-state index in [4.69, 9.17) is 56.3 Å². The largest absolute Gasteiger partial charge is 0.481 e. The van der Waals surface area contributed by atoms with Gasteiger partial charge in [-0.25, -0.2) is 0 Å². The molecular formula is C4H4Cl4O2. The van der Waals surface area contributed by atoms with Crippen molar-refractivity contribution in [2.45, 2.75) is 6.92 Å². The highest BCUT2D eigenvalue weighted by atomic mass is 35.5. The maximum absolute atomic E-state index is 9.00. The van der Waals surface area contributed by atoms with Crippen molar-refractivity contribution < 1.29 is 9.90 Å². The molecule has 0 saturated carbocycles. The van der Waals surface area contributed by atoms with Gasteiger partial charge in [-0.3, -0.25) is 4.79 Å². The zero-order valence-corrected chi connectivity index (χ0v) is 7.89. The molecule has 60 valence electrons. The molecule has 2 nitrogen and oxygen atoms in total. The first-order valence-corrected chi connectivity index (χ1v) is 3.45. The van der Waals surface area contributed by atoms with E-state index in [1.54, 1.807) is 0 Å². The van der Waals surface area contributed by atoms with Crippen molar-refractivity contribution in [3.63, 3.8) is 0 Å². The van der Waals surface area contributed by atoms with Gasteiger partial charge >= 0.3 is 0 Å². The minimum atomic E-state index is -0.833. The van der Waals surface area contributed by atoms with E-state index in [2.05, 4.69) is 0 Å². The topological polar surface area (TPSA) is 37.3 Å². The van der Waals surface area contributed by atoms with E-state index < -0.39 is 5.97 Å². The quantitative estimate of drug-likeness (QED) is 0.688. The lowest BCUT2D eigenvalue weighted by Gasteiger charge is -1.75. The van der Waals surface area contributed by atoms with Crippen molar-refractivity contribution in [1.82, 2.24) is 0 Å². The maximum Gasteiger partial charge on any atom is 0.300 e. The second-order valence-electron chi connectivity index (χ2n) is 1.04. The Balaban J connectivity index is 0. The van der Waals surface area contributed by atoms with Gasteiger partial charge in [-0.05, 0) is 0 Å². The molecule has 6 heteroatoms. The fourth-order valence-electron chi connectivity index (χ4n) is 0. The molecule has 1 N–H and O–H groups in total. The third-order valence-electron chi connectivity index (χ3n) is 0.143. The van der Waals surface area contributed by atoms with Crippen LogP contribution >= 0.6 is 46.4 Å². The molecule has 0 saturated heterocycles. The van der Waals surface area contributed by atoms with Crippen molar-refractivity contribution in [2.24, 2.45) is 0 Å². The second-order valence-corrected chi connectivity index (χ2v) is 2.94. The van der Waals surface area contributed by atoms with Crippen LogP contribution in [0.2, 0.25) is 0 Å². The summed E-state index contributed by atoms with van der Waals surface area (Å²) in [5, 5.41) is 7.42. The van der Waals surface area contributed by atoms with Gasteiger partial charge in [-0.15, -0.1) is 0 Å². The standard InChI is InChI=1S/C2Cl4.C2H4O2/c3-1(4)2(5)6;1-2(3)4/h;1H3,(H,3,4). The monoisotopic (exact) mass is 224 g/mol. The van der Waals surface area contributed by atoms with E-state index in [0.717, 1.165) is 6.92 Å². The Bertz CT molecular complexity index is 120. The summed E-state index contributed by atoms with van der Waals surface area (Å²) in [6.45, 7) is 1.08. The summed E-state index contributed by atoms with van der Waals surface area (Å²) in [7, 11) is 0. The zero-order chi connectivity index (χ0) is 8.73. The molecule has 0 heterocycles. The predicted octanol–water partition coefficient (Wildman–Crippen LogP) is 3.16. The number of carbonyl (C=O) groups is 1. The second kappa shape index (κ2) is 7.48. The predicted molar refractivity (Wildman–Crippen MR) is 43.7 cm³/mol. The molecule has 0 bridgehead atoms. The maximum atomic E-state index is 9.00. The average molecular weight is 226 g/mol. The zero-order valence-electron chi connectivity index (χ0n) is 4.87. The molecule has 0 unspecified atom stereocenters.